The Labute approximate surface area is 296 Å². The summed E-state index contributed by atoms with van der Waals surface area (Å²) in [6.07, 6.45) is 49.9. The van der Waals surface area contributed by atoms with Gasteiger partial charge in [-0.15, -0.1) is 0 Å². The van der Waals surface area contributed by atoms with Gasteiger partial charge >= 0.3 is 11.9 Å². The Morgan fingerprint density at radius 1 is 0.479 bits per heavy atom. The lowest BCUT2D eigenvalue weighted by atomic mass is 10.1. The van der Waals surface area contributed by atoms with Gasteiger partial charge in [0.05, 0.1) is 6.61 Å². The van der Waals surface area contributed by atoms with Crippen LogP contribution in [0.2, 0.25) is 0 Å². The Bertz CT molecular complexity index is 853. The van der Waals surface area contributed by atoms with E-state index in [-0.39, 0.29) is 25.2 Å². The predicted octanol–water partition coefficient (Wildman–Crippen LogP) is 12.4. The molecule has 48 heavy (non-hydrogen) atoms. The van der Waals surface area contributed by atoms with Crippen LogP contribution in [-0.2, 0) is 19.1 Å². The number of esters is 2. The molecule has 0 heterocycles. The van der Waals surface area contributed by atoms with Crippen molar-refractivity contribution < 1.29 is 24.2 Å². The van der Waals surface area contributed by atoms with Crippen molar-refractivity contribution in [1.29, 1.82) is 0 Å². The zero-order chi connectivity index (χ0) is 35.0. The zero-order valence-electron chi connectivity index (χ0n) is 31.2. The van der Waals surface area contributed by atoms with Crippen molar-refractivity contribution in [1.82, 2.24) is 0 Å². The molecule has 5 nitrogen and oxygen atoms in total. The molecule has 0 aliphatic heterocycles. The number of hydrogen-bond donors (Lipinski definition) is 1. The van der Waals surface area contributed by atoms with E-state index in [2.05, 4.69) is 74.6 Å². The van der Waals surface area contributed by atoms with Gasteiger partial charge in [-0.1, -0.05) is 145 Å². The van der Waals surface area contributed by atoms with E-state index >= 15 is 0 Å². The molecular weight excluding hydrogens is 596 g/mol. The number of aliphatic hydroxyl groups is 1. The van der Waals surface area contributed by atoms with Gasteiger partial charge in [0.15, 0.2) is 6.10 Å². The average Bonchev–Trinajstić information content (AvgIpc) is 3.09. The maximum Gasteiger partial charge on any atom is 0.306 e. The highest BCUT2D eigenvalue weighted by molar-refractivity contribution is 5.70. The molecule has 1 atom stereocenters. The third-order valence-corrected chi connectivity index (χ3v) is 8.28. The SMILES string of the molecule is CCCCC/C=C/C/C=C/C/C=C/CCCCCCC(=O)OC[C@H](CO)OC(=O)CCCCCCCCC/C=C/C/C=C/CCCCC. The zero-order valence-corrected chi connectivity index (χ0v) is 31.2. The van der Waals surface area contributed by atoms with Crippen LogP contribution in [0.25, 0.3) is 0 Å². The maximum atomic E-state index is 12.2. The summed E-state index contributed by atoms with van der Waals surface area (Å²) in [5, 5.41) is 9.55. The topological polar surface area (TPSA) is 72.8 Å². The summed E-state index contributed by atoms with van der Waals surface area (Å²) >= 11 is 0. The molecule has 0 aromatic carbocycles. The third kappa shape index (κ3) is 36.4. The first kappa shape index (κ1) is 45.6. The summed E-state index contributed by atoms with van der Waals surface area (Å²) in [7, 11) is 0. The van der Waals surface area contributed by atoms with Gasteiger partial charge in [0.1, 0.15) is 6.61 Å². The molecule has 0 spiro atoms. The summed E-state index contributed by atoms with van der Waals surface area (Å²) in [5.41, 5.74) is 0. The van der Waals surface area contributed by atoms with E-state index in [4.69, 9.17) is 9.47 Å². The highest BCUT2D eigenvalue weighted by Crippen LogP contribution is 2.12. The summed E-state index contributed by atoms with van der Waals surface area (Å²) < 4.78 is 10.6. The molecule has 0 saturated heterocycles. The minimum atomic E-state index is -0.786. The molecule has 0 aromatic rings. The number of carbonyl (C=O) groups excluding carboxylic acids is 2. The van der Waals surface area contributed by atoms with Crippen molar-refractivity contribution in [3.8, 4) is 0 Å². The number of carbonyl (C=O) groups is 2. The van der Waals surface area contributed by atoms with Crippen molar-refractivity contribution in [2.24, 2.45) is 0 Å². The quantitative estimate of drug-likeness (QED) is 0.0413. The summed E-state index contributed by atoms with van der Waals surface area (Å²) in [4.78, 5) is 24.3. The number of ether oxygens (including phenoxy) is 2. The van der Waals surface area contributed by atoms with E-state index in [9.17, 15) is 14.7 Å². The van der Waals surface area contributed by atoms with Gasteiger partial charge < -0.3 is 14.6 Å². The first-order valence-corrected chi connectivity index (χ1v) is 19.8. The molecule has 0 amide bonds. The molecule has 0 rings (SSSR count). The molecule has 276 valence electrons. The fourth-order valence-electron chi connectivity index (χ4n) is 5.24. The summed E-state index contributed by atoms with van der Waals surface area (Å²) in [5.74, 6) is -0.628. The molecule has 0 aliphatic rings. The van der Waals surface area contributed by atoms with Gasteiger partial charge in [-0.2, -0.15) is 0 Å². The molecule has 0 aliphatic carbocycles. The largest absolute Gasteiger partial charge is 0.462 e. The second-order valence-corrected chi connectivity index (χ2v) is 13.0. The second-order valence-electron chi connectivity index (χ2n) is 13.0. The average molecular weight is 671 g/mol. The highest BCUT2D eigenvalue weighted by Gasteiger charge is 2.16. The van der Waals surface area contributed by atoms with E-state index in [1.165, 1.54) is 77.0 Å². The Hall–Kier alpha value is -2.40. The van der Waals surface area contributed by atoms with Gasteiger partial charge in [0.25, 0.3) is 0 Å². The number of aliphatic hydroxyl groups excluding tert-OH is 1. The molecule has 5 heteroatoms. The predicted molar refractivity (Wildman–Crippen MR) is 205 cm³/mol. The maximum absolute atomic E-state index is 12.2. The summed E-state index contributed by atoms with van der Waals surface area (Å²) in [6, 6.07) is 0. The van der Waals surface area contributed by atoms with Gasteiger partial charge in [-0.25, -0.2) is 0 Å². The van der Waals surface area contributed by atoms with E-state index in [0.717, 1.165) is 77.0 Å². The summed E-state index contributed by atoms with van der Waals surface area (Å²) in [6.45, 7) is 4.05. The first-order valence-electron chi connectivity index (χ1n) is 19.8. The van der Waals surface area contributed by atoms with Gasteiger partial charge in [-0.3, -0.25) is 9.59 Å². The van der Waals surface area contributed by atoms with Crippen LogP contribution >= 0.6 is 0 Å². The van der Waals surface area contributed by atoms with Gasteiger partial charge in [0, 0.05) is 12.8 Å². The minimum Gasteiger partial charge on any atom is -0.462 e. The Morgan fingerprint density at radius 3 is 1.25 bits per heavy atom. The Kier molecular flexibility index (Phi) is 37.1. The van der Waals surface area contributed by atoms with Crippen molar-refractivity contribution >= 4 is 11.9 Å². The molecule has 0 aromatic heterocycles. The van der Waals surface area contributed by atoms with E-state index in [1.807, 2.05) is 0 Å². The lowest BCUT2D eigenvalue weighted by Gasteiger charge is -2.15. The molecule has 0 saturated carbocycles. The van der Waals surface area contributed by atoms with Crippen LogP contribution < -0.4 is 0 Å². The first-order chi connectivity index (χ1) is 23.6. The fourth-order valence-corrected chi connectivity index (χ4v) is 5.24. The van der Waals surface area contributed by atoms with Crippen molar-refractivity contribution in [3.63, 3.8) is 0 Å². The lowest BCUT2D eigenvalue weighted by Crippen LogP contribution is -2.28. The Morgan fingerprint density at radius 2 is 0.833 bits per heavy atom. The van der Waals surface area contributed by atoms with Crippen LogP contribution in [0.4, 0.5) is 0 Å². The van der Waals surface area contributed by atoms with Crippen LogP contribution in [0.1, 0.15) is 181 Å². The fraction of sp³-hybridized carbons (Fsp3) is 0.721. The van der Waals surface area contributed by atoms with Gasteiger partial charge in [-0.05, 0) is 83.5 Å². The Balaban J connectivity index is 3.63. The number of hydrogen-bond acceptors (Lipinski definition) is 5. The third-order valence-electron chi connectivity index (χ3n) is 8.28. The number of allylic oxidation sites excluding steroid dienone is 10. The van der Waals surface area contributed by atoms with Crippen LogP contribution in [0.15, 0.2) is 60.8 Å². The standard InChI is InChI=1S/C43H74O5/c1-3-5-7-9-11-13-15-17-19-21-23-25-27-29-31-33-35-37-42(45)47-40-41(39-44)48-43(46)38-36-34-32-30-28-26-24-22-20-18-16-14-12-10-8-6-4-2/h11-14,17-20,23,25,41,44H,3-10,15-16,21-22,24,26-40H2,1-2H3/b13-11+,14-12+,19-17+,20-18+,25-23+/t41-/m0/s1. The van der Waals surface area contributed by atoms with Crippen molar-refractivity contribution in [3.05, 3.63) is 60.8 Å². The van der Waals surface area contributed by atoms with Crippen LogP contribution in [0, 0.1) is 0 Å². The molecule has 1 N–H and O–H groups in total. The smallest absolute Gasteiger partial charge is 0.306 e. The number of rotatable bonds is 35. The molecule has 0 bridgehead atoms. The molecular formula is C43H74O5. The molecule has 0 fully saturated rings. The second kappa shape index (κ2) is 39.0. The van der Waals surface area contributed by atoms with Crippen LogP contribution in [0.3, 0.4) is 0 Å². The highest BCUT2D eigenvalue weighted by atomic mass is 16.6. The van der Waals surface area contributed by atoms with E-state index in [0.29, 0.717) is 12.8 Å². The normalized spacial score (nSPS) is 12.8. The minimum absolute atomic E-state index is 0.0828. The molecule has 0 radical (unpaired) electrons. The lowest BCUT2D eigenvalue weighted by molar-refractivity contribution is -0.161. The van der Waals surface area contributed by atoms with Crippen LogP contribution in [-0.4, -0.2) is 36.4 Å². The number of unbranched alkanes of at least 4 members (excludes halogenated alkanes) is 17. The monoisotopic (exact) mass is 671 g/mol. The van der Waals surface area contributed by atoms with Crippen molar-refractivity contribution in [2.75, 3.05) is 13.2 Å². The van der Waals surface area contributed by atoms with Crippen molar-refractivity contribution in [2.45, 2.75) is 187 Å². The molecule has 0 unspecified atom stereocenters. The van der Waals surface area contributed by atoms with E-state index < -0.39 is 6.10 Å². The van der Waals surface area contributed by atoms with Crippen LogP contribution in [0.5, 0.6) is 0 Å². The van der Waals surface area contributed by atoms with E-state index in [1.54, 1.807) is 0 Å². The van der Waals surface area contributed by atoms with Gasteiger partial charge in [0.2, 0.25) is 0 Å².